The zero-order chi connectivity index (χ0) is 10.4. The fraction of sp³-hybridized carbons (Fsp3) is 0. The quantitative estimate of drug-likeness (QED) is 0.677. The van der Waals surface area contributed by atoms with Crippen molar-refractivity contribution < 1.29 is 4.74 Å². The molecule has 15 heavy (non-hydrogen) atoms. The molecule has 1 N–H and O–H groups in total. The summed E-state index contributed by atoms with van der Waals surface area (Å²) in [7, 11) is 0. The van der Waals surface area contributed by atoms with Crippen LogP contribution in [0.5, 0.6) is 5.75 Å². The first kappa shape index (κ1) is 8.05. The third-order valence-electron chi connectivity index (χ3n) is 2.33. The van der Waals surface area contributed by atoms with Crippen molar-refractivity contribution in [1.29, 1.82) is 0 Å². The molecule has 2 aromatic rings. The molecule has 5 heteroatoms. The van der Waals surface area contributed by atoms with Gasteiger partial charge in [-0.15, -0.1) is 0 Å². The minimum Gasteiger partial charge on any atom is -0.461 e. The zero-order valence-electron chi connectivity index (χ0n) is 7.56. The van der Waals surface area contributed by atoms with E-state index < -0.39 is 11.2 Å². The van der Waals surface area contributed by atoms with Crippen LogP contribution in [0.3, 0.4) is 0 Å². The number of para-hydroxylation sites is 1. The highest BCUT2D eigenvalue weighted by molar-refractivity contribution is 5.86. The Morgan fingerprint density at radius 3 is 3.00 bits per heavy atom. The number of ether oxygens (including phenoxy) is 1. The second-order valence-corrected chi connectivity index (χ2v) is 3.18. The lowest BCUT2D eigenvalue weighted by Crippen LogP contribution is -2.28. The Morgan fingerprint density at radius 2 is 2.13 bits per heavy atom. The van der Waals surface area contributed by atoms with Gasteiger partial charge in [-0.3, -0.25) is 14.3 Å². The SMILES string of the molecule is O=c1[nH]c(=O)n2c3c(cccc13)OC=C2. The highest BCUT2D eigenvalue weighted by Crippen LogP contribution is 2.24. The van der Waals surface area contributed by atoms with Gasteiger partial charge in [0.05, 0.1) is 5.39 Å². The van der Waals surface area contributed by atoms with Gasteiger partial charge in [-0.25, -0.2) is 4.79 Å². The van der Waals surface area contributed by atoms with Gasteiger partial charge in [0.2, 0.25) is 0 Å². The van der Waals surface area contributed by atoms with Crippen molar-refractivity contribution in [3.05, 3.63) is 45.3 Å². The number of nitrogens with zero attached hydrogens (tertiary/aromatic N) is 1. The first-order valence-electron chi connectivity index (χ1n) is 4.38. The Morgan fingerprint density at radius 1 is 1.27 bits per heavy atom. The van der Waals surface area contributed by atoms with Crippen LogP contribution in [0.2, 0.25) is 0 Å². The summed E-state index contributed by atoms with van der Waals surface area (Å²) in [6.07, 6.45) is 2.88. The van der Waals surface area contributed by atoms with Crippen molar-refractivity contribution in [2.45, 2.75) is 0 Å². The monoisotopic (exact) mass is 202 g/mol. The summed E-state index contributed by atoms with van der Waals surface area (Å²) in [6.45, 7) is 0. The molecule has 0 spiro atoms. The summed E-state index contributed by atoms with van der Waals surface area (Å²) < 4.78 is 6.57. The lowest BCUT2D eigenvalue weighted by Gasteiger charge is -2.12. The molecule has 2 heterocycles. The third-order valence-corrected chi connectivity index (χ3v) is 2.33. The third kappa shape index (κ3) is 0.969. The van der Waals surface area contributed by atoms with Gasteiger partial charge in [-0.1, -0.05) is 6.07 Å². The molecule has 0 saturated carbocycles. The van der Waals surface area contributed by atoms with E-state index in [0.29, 0.717) is 16.7 Å². The van der Waals surface area contributed by atoms with E-state index in [1.807, 2.05) is 0 Å². The number of aromatic amines is 1. The minimum absolute atomic E-state index is 0.396. The number of hydrogen-bond donors (Lipinski definition) is 1. The number of rotatable bonds is 0. The summed E-state index contributed by atoms with van der Waals surface area (Å²) >= 11 is 0. The summed E-state index contributed by atoms with van der Waals surface area (Å²) in [4.78, 5) is 25.2. The second kappa shape index (κ2) is 2.60. The van der Waals surface area contributed by atoms with E-state index >= 15 is 0 Å². The maximum Gasteiger partial charge on any atom is 0.333 e. The molecule has 1 aromatic carbocycles. The average molecular weight is 202 g/mol. The number of aromatic nitrogens is 2. The second-order valence-electron chi connectivity index (χ2n) is 3.18. The summed E-state index contributed by atoms with van der Waals surface area (Å²) in [5, 5.41) is 0.441. The van der Waals surface area contributed by atoms with Crippen molar-refractivity contribution >= 4 is 17.1 Å². The Balaban J connectivity index is 2.71. The van der Waals surface area contributed by atoms with Crippen LogP contribution in [0.1, 0.15) is 0 Å². The standard InChI is InChI=1S/C10H6N2O3/c13-9-6-2-1-3-7-8(6)12(4-5-15-7)10(14)11-9/h1-5H,(H,11,13,14). The fourth-order valence-electron chi connectivity index (χ4n) is 1.68. The Kier molecular flexibility index (Phi) is 1.39. The molecule has 1 aromatic heterocycles. The van der Waals surface area contributed by atoms with Crippen LogP contribution < -0.4 is 16.0 Å². The van der Waals surface area contributed by atoms with E-state index in [4.69, 9.17) is 4.74 Å². The Bertz CT molecular complexity index is 694. The molecule has 0 radical (unpaired) electrons. The minimum atomic E-state index is -0.459. The zero-order valence-corrected chi connectivity index (χ0v) is 7.56. The van der Waals surface area contributed by atoms with Crippen LogP contribution >= 0.6 is 0 Å². The first-order valence-corrected chi connectivity index (χ1v) is 4.38. The van der Waals surface area contributed by atoms with Crippen LogP contribution in [-0.2, 0) is 0 Å². The first-order chi connectivity index (χ1) is 7.27. The van der Waals surface area contributed by atoms with E-state index in [0.717, 1.165) is 0 Å². The van der Waals surface area contributed by atoms with Crippen molar-refractivity contribution in [1.82, 2.24) is 9.55 Å². The smallest absolute Gasteiger partial charge is 0.333 e. The molecule has 1 aliphatic rings. The summed E-state index contributed by atoms with van der Waals surface area (Å²) in [5.41, 5.74) is -0.347. The molecule has 0 fully saturated rings. The maximum atomic E-state index is 11.5. The predicted octanol–water partition coefficient (Wildman–Crippen LogP) is 0.510. The van der Waals surface area contributed by atoms with Crippen molar-refractivity contribution in [2.24, 2.45) is 0 Å². The molecule has 3 rings (SSSR count). The molecule has 5 nitrogen and oxygen atoms in total. The van der Waals surface area contributed by atoms with Crippen LogP contribution in [-0.4, -0.2) is 9.55 Å². The topological polar surface area (TPSA) is 64.1 Å². The van der Waals surface area contributed by atoms with Gasteiger partial charge in [0.1, 0.15) is 11.8 Å². The van der Waals surface area contributed by atoms with Gasteiger partial charge in [-0.05, 0) is 12.1 Å². The van der Waals surface area contributed by atoms with Crippen molar-refractivity contribution in [2.75, 3.05) is 0 Å². The van der Waals surface area contributed by atoms with E-state index in [-0.39, 0.29) is 0 Å². The molecular formula is C10H6N2O3. The lowest BCUT2D eigenvalue weighted by molar-refractivity contribution is 0.480. The molecule has 74 valence electrons. The fourth-order valence-corrected chi connectivity index (χ4v) is 1.68. The number of benzene rings is 1. The van der Waals surface area contributed by atoms with Crippen LogP contribution in [0.4, 0.5) is 0 Å². The average Bonchev–Trinajstić information content (AvgIpc) is 2.25. The molecule has 0 bridgehead atoms. The van der Waals surface area contributed by atoms with Gasteiger partial charge in [0.25, 0.3) is 5.56 Å². The lowest BCUT2D eigenvalue weighted by atomic mass is 10.2. The van der Waals surface area contributed by atoms with E-state index in [2.05, 4.69) is 4.98 Å². The molecule has 0 atom stereocenters. The number of nitrogens with one attached hydrogen (secondary N) is 1. The van der Waals surface area contributed by atoms with E-state index in [9.17, 15) is 9.59 Å². The van der Waals surface area contributed by atoms with Crippen LogP contribution in [0, 0.1) is 0 Å². The van der Waals surface area contributed by atoms with Crippen molar-refractivity contribution in [3.63, 3.8) is 0 Å². The number of H-pyrrole nitrogens is 1. The van der Waals surface area contributed by atoms with E-state index in [1.54, 1.807) is 18.2 Å². The molecule has 0 amide bonds. The molecule has 1 aliphatic heterocycles. The Labute approximate surface area is 83.2 Å². The summed E-state index contributed by atoms with van der Waals surface area (Å²) in [5.74, 6) is 0.512. The van der Waals surface area contributed by atoms with E-state index in [1.165, 1.54) is 17.0 Å². The molecule has 0 saturated heterocycles. The molecular weight excluding hydrogens is 196 g/mol. The van der Waals surface area contributed by atoms with Crippen molar-refractivity contribution in [3.8, 4) is 5.75 Å². The van der Waals surface area contributed by atoms with Crippen LogP contribution in [0.15, 0.2) is 34.1 Å². The largest absolute Gasteiger partial charge is 0.461 e. The normalized spacial score (nSPS) is 12.8. The van der Waals surface area contributed by atoms with Gasteiger partial charge in [-0.2, -0.15) is 0 Å². The van der Waals surface area contributed by atoms with Gasteiger partial charge in [0.15, 0.2) is 5.75 Å². The highest BCUT2D eigenvalue weighted by Gasteiger charge is 2.13. The van der Waals surface area contributed by atoms with Crippen LogP contribution in [0.25, 0.3) is 17.1 Å². The maximum absolute atomic E-state index is 11.5. The number of hydrogen-bond acceptors (Lipinski definition) is 3. The van der Waals surface area contributed by atoms with Gasteiger partial charge in [0, 0.05) is 6.20 Å². The predicted molar refractivity (Wildman–Crippen MR) is 54.8 cm³/mol. The highest BCUT2D eigenvalue weighted by atomic mass is 16.5. The van der Waals surface area contributed by atoms with Gasteiger partial charge >= 0.3 is 5.69 Å². The Hall–Kier alpha value is -2.30. The van der Waals surface area contributed by atoms with Gasteiger partial charge < -0.3 is 4.74 Å². The summed E-state index contributed by atoms with van der Waals surface area (Å²) in [6, 6.07) is 5.07. The molecule has 0 aliphatic carbocycles. The molecule has 0 unspecified atom stereocenters.